The first-order valence-corrected chi connectivity index (χ1v) is 9.24. The summed E-state index contributed by atoms with van der Waals surface area (Å²) in [4.78, 5) is 24.0. The predicted octanol–water partition coefficient (Wildman–Crippen LogP) is 4.05. The number of amides is 1. The van der Waals surface area contributed by atoms with Crippen molar-refractivity contribution in [2.45, 2.75) is 11.1 Å². The average molecular weight is 431 g/mol. The predicted molar refractivity (Wildman–Crippen MR) is 103 cm³/mol. The molecule has 0 spiro atoms. The number of rotatable bonds is 4. The molecule has 3 heterocycles. The molecule has 1 aliphatic heterocycles. The molecule has 11 heteroatoms. The van der Waals surface area contributed by atoms with Crippen molar-refractivity contribution in [3.8, 4) is 11.5 Å². The van der Waals surface area contributed by atoms with Gasteiger partial charge in [-0.1, -0.05) is 11.8 Å². The van der Waals surface area contributed by atoms with Crippen molar-refractivity contribution in [1.29, 1.82) is 0 Å². The normalized spacial score (nSPS) is 14.6. The number of nitrogens with two attached hydrogens (primary N) is 1. The molecule has 0 bridgehead atoms. The number of carbonyl (C=O) groups excluding carboxylic acids is 1. The van der Waals surface area contributed by atoms with Crippen LogP contribution in [0.2, 0.25) is 0 Å². The maximum absolute atomic E-state index is 13.0. The first kappa shape index (κ1) is 19.7. The second kappa shape index (κ2) is 7.67. The minimum absolute atomic E-state index is 0.232. The van der Waals surface area contributed by atoms with Crippen molar-refractivity contribution in [2.24, 2.45) is 5.73 Å². The zero-order valence-corrected chi connectivity index (χ0v) is 15.8. The molecule has 3 aromatic rings. The van der Waals surface area contributed by atoms with E-state index < -0.39 is 23.6 Å². The molecule has 1 amide bonds. The molecule has 0 atom stereocenters. The fourth-order valence-corrected chi connectivity index (χ4v) is 3.71. The minimum Gasteiger partial charge on any atom is -0.456 e. The lowest BCUT2D eigenvalue weighted by molar-refractivity contribution is -0.141. The van der Waals surface area contributed by atoms with Crippen molar-refractivity contribution in [1.82, 2.24) is 15.0 Å². The van der Waals surface area contributed by atoms with Crippen molar-refractivity contribution in [2.75, 3.05) is 5.32 Å². The highest BCUT2D eigenvalue weighted by molar-refractivity contribution is 8.04. The van der Waals surface area contributed by atoms with Gasteiger partial charge in [0, 0.05) is 17.3 Å². The van der Waals surface area contributed by atoms with Gasteiger partial charge in [0.05, 0.1) is 16.9 Å². The smallest absolute Gasteiger partial charge is 0.433 e. The standard InChI is InChI=1S/C19H12F3N5O2S/c20-19(21,22)14-5-7-25-17(27-14)15(16(23)28)18-26-12-4-3-10(8-13(12)30-18)29-11-2-1-6-24-9-11/h1-9,26H,(H2,23,28)/b18-15-. The maximum atomic E-state index is 13.0. The number of alkyl halides is 3. The van der Waals surface area contributed by atoms with Crippen LogP contribution in [0.1, 0.15) is 11.5 Å². The third-order valence-corrected chi connectivity index (χ3v) is 4.99. The Bertz CT molecular complexity index is 1150. The first-order chi connectivity index (χ1) is 14.3. The van der Waals surface area contributed by atoms with Gasteiger partial charge in [0.15, 0.2) is 5.82 Å². The van der Waals surface area contributed by atoms with E-state index in [0.717, 1.165) is 24.0 Å². The summed E-state index contributed by atoms with van der Waals surface area (Å²) in [5.41, 5.74) is 4.66. The Morgan fingerprint density at radius 3 is 2.67 bits per heavy atom. The first-order valence-electron chi connectivity index (χ1n) is 8.43. The van der Waals surface area contributed by atoms with E-state index in [-0.39, 0.29) is 10.6 Å². The summed E-state index contributed by atoms with van der Waals surface area (Å²) in [6.45, 7) is 0. The number of anilines is 1. The van der Waals surface area contributed by atoms with E-state index in [1.165, 1.54) is 0 Å². The van der Waals surface area contributed by atoms with Crippen LogP contribution in [-0.2, 0) is 11.0 Å². The summed E-state index contributed by atoms with van der Waals surface area (Å²) >= 11 is 1.12. The molecule has 0 aliphatic carbocycles. The highest BCUT2D eigenvalue weighted by Gasteiger charge is 2.34. The SMILES string of the molecule is NC(=O)/C(=C1\Nc2ccc(Oc3cccnc3)cc2S1)c1nccc(C(F)(F)F)n1. The Morgan fingerprint density at radius 1 is 1.13 bits per heavy atom. The van der Waals surface area contributed by atoms with Crippen molar-refractivity contribution >= 4 is 28.9 Å². The van der Waals surface area contributed by atoms with Crippen LogP contribution in [-0.4, -0.2) is 20.9 Å². The monoisotopic (exact) mass is 431 g/mol. The average Bonchev–Trinajstić information content (AvgIpc) is 3.11. The molecule has 1 aromatic carbocycles. The minimum atomic E-state index is -4.68. The van der Waals surface area contributed by atoms with Gasteiger partial charge in [-0.3, -0.25) is 9.78 Å². The van der Waals surface area contributed by atoms with E-state index in [4.69, 9.17) is 10.5 Å². The van der Waals surface area contributed by atoms with Crippen LogP contribution >= 0.6 is 11.8 Å². The fraction of sp³-hybridized carbons (Fsp3) is 0.0526. The summed E-state index contributed by atoms with van der Waals surface area (Å²) in [6, 6.07) is 9.33. The van der Waals surface area contributed by atoms with Gasteiger partial charge in [0.1, 0.15) is 22.8 Å². The Labute approximate surface area is 172 Å². The lowest BCUT2D eigenvalue weighted by Crippen LogP contribution is -2.19. The van der Waals surface area contributed by atoms with Gasteiger partial charge in [-0.05, 0) is 36.4 Å². The number of hydrogen-bond donors (Lipinski definition) is 2. The Kier molecular flexibility index (Phi) is 5.04. The number of benzene rings is 1. The number of primary amides is 1. The number of ether oxygens (including phenoxy) is 1. The van der Waals surface area contributed by atoms with Gasteiger partial charge in [0.25, 0.3) is 5.91 Å². The van der Waals surface area contributed by atoms with E-state index in [0.29, 0.717) is 22.1 Å². The van der Waals surface area contributed by atoms with Crippen LogP contribution in [0.5, 0.6) is 11.5 Å². The van der Waals surface area contributed by atoms with Crippen LogP contribution in [0.25, 0.3) is 5.57 Å². The van der Waals surface area contributed by atoms with Gasteiger partial charge >= 0.3 is 6.18 Å². The molecule has 0 unspecified atom stereocenters. The van der Waals surface area contributed by atoms with Gasteiger partial charge in [-0.2, -0.15) is 13.2 Å². The van der Waals surface area contributed by atoms with Crippen LogP contribution in [0.3, 0.4) is 0 Å². The van der Waals surface area contributed by atoms with Gasteiger partial charge in [0.2, 0.25) is 0 Å². The highest BCUT2D eigenvalue weighted by atomic mass is 32.2. The molecule has 0 saturated heterocycles. The van der Waals surface area contributed by atoms with E-state index in [2.05, 4.69) is 20.3 Å². The van der Waals surface area contributed by atoms with Crippen molar-refractivity contribution in [3.63, 3.8) is 0 Å². The van der Waals surface area contributed by atoms with Gasteiger partial charge in [-0.15, -0.1) is 0 Å². The summed E-state index contributed by atoms with van der Waals surface area (Å²) < 4.78 is 44.7. The molecule has 3 N–H and O–H groups in total. The number of carbonyl (C=O) groups is 1. The maximum Gasteiger partial charge on any atom is 0.433 e. The summed E-state index contributed by atoms with van der Waals surface area (Å²) in [7, 11) is 0. The van der Waals surface area contributed by atoms with Crippen LogP contribution in [0, 0.1) is 0 Å². The Hall–Kier alpha value is -3.60. The number of thioether (sulfide) groups is 1. The van der Waals surface area contributed by atoms with Crippen LogP contribution in [0.4, 0.5) is 18.9 Å². The van der Waals surface area contributed by atoms with E-state index in [9.17, 15) is 18.0 Å². The number of pyridine rings is 1. The second-order valence-electron chi connectivity index (χ2n) is 6.01. The van der Waals surface area contributed by atoms with E-state index in [1.807, 2.05) is 0 Å². The Morgan fingerprint density at radius 2 is 1.97 bits per heavy atom. The quantitative estimate of drug-likeness (QED) is 0.601. The molecule has 152 valence electrons. The third kappa shape index (κ3) is 4.06. The largest absolute Gasteiger partial charge is 0.456 e. The third-order valence-electron chi connectivity index (χ3n) is 3.93. The van der Waals surface area contributed by atoms with Crippen molar-refractivity contribution < 1.29 is 22.7 Å². The molecular formula is C19H12F3N5O2S. The van der Waals surface area contributed by atoms with Crippen molar-refractivity contribution in [3.05, 3.63) is 71.5 Å². The molecule has 7 nitrogen and oxygen atoms in total. The molecular weight excluding hydrogens is 419 g/mol. The van der Waals surface area contributed by atoms with E-state index in [1.54, 1.807) is 42.7 Å². The number of aromatic nitrogens is 3. The molecule has 2 aromatic heterocycles. The van der Waals surface area contributed by atoms with Crippen LogP contribution in [0.15, 0.2) is 64.9 Å². The van der Waals surface area contributed by atoms with E-state index >= 15 is 0 Å². The molecule has 0 fully saturated rings. The number of fused-ring (bicyclic) bond motifs is 1. The zero-order valence-electron chi connectivity index (χ0n) is 15.0. The number of halogens is 3. The molecule has 1 aliphatic rings. The summed E-state index contributed by atoms with van der Waals surface area (Å²) in [5, 5.41) is 3.21. The lowest BCUT2D eigenvalue weighted by atomic mass is 10.2. The number of nitrogens with zero attached hydrogens (tertiary/aromatic N) is 3. The highest BCUT2D eigenvalue weighted by Crippen LogP contribution is 2.45. The van der Waals surface area contributed by atoms with Crippen LogP contribution < -0.4 is 15.8 Å². The topological polar surface area (TPSA) is 103 Å². The molecule has 0 radical (unpaired) electrons. The molecule has 30 heavy (non-hydrogen) atoms. The second-order valence-corrected chi connectivity index (χ2v) is 7.06. The Balaban J connectivity index is 1.67. The fourth-order valence-electron chi connectivity index (χ4n) is 2.63. The van der Waals surface area contributed by atoms with Gasteiger partial charge < -0.3 is 15.8 Å². The summed E-state index contributed by atoms with van der Waals surface area (Å²) in [5.74, 6) is -0.302. The zero-order chi connectivity index (χ0) is 21.3. The molecule has 0 saturated carbocycles. The lowest BCUT2D eigenvalue weighted by Gasteiger charge is -2.09. The van der Waals surface area contributed by atoms with Gasteiger partial charge in [-0.25, -0.2) is 9.97 Å². The number of nitrogens with one attached hydrogen (secondary N) is 1. The molecule has 4 rings (SSSR count). The number of hydrogen-bond acceptors (Lipinski definition) is 7. The summed E-state index contributed by atoms with van der Waals surface area (Å²) in [6.07, 6.45) is -0.572.